The van der Waals surface area contributed by atoms with E-state index < -0.39 is 24.6 Å². The van der Waals surface area contributed by atoms with Gasteiger partial charge in [0, 0.05) is 5.69 Å². The number of aliphatic carboxylic acids is 1. The van der Waals surface area contributed by atoms with Crippen LogP contribution in [-0.2, 0) is 17.6 Å². The second-order valence-corrected chi connectivity index (χ2v) is 4.82. The Bertz CT molecular complexity index is 516. The van der Waals surface area contributed by atoms with Crippen LogP contribution >= 0.6 is 0 Å². The highest BCUT2D eigenvalue weighted by Gasteiger charge is 2.20. The highest BCUT2D eigenvalue weighted by molar-refractivity contribution is 5.93. The average Bonchev–Trinajstić information content (AvgIpc) is 2.45. The number of aliphatic hydroxyl groups excluding tert-OH is 1. The van der Waals surface area contributed by atoms with E-state index in [0.29, 0.717) is 5.69 Å². The predicted molar refractivity (Wildman–Crippen MR) is 73.7 cm³/mol. The number of nitrogens with one attached hydrogen (secondary N) is 2. The molecule has 0 radical (unpaired) electrons. The summed E-state index contributed by atoms with van der Waals surface area (Å²) in [7, 11) is 0. The van der Waals surface area contributed by atoms with Gasteiger partial charge in [-0.15, -0.1) is 0 Å². The molecule has 1 aliphatic rings. The fourth-order valence-electron chi connectivity index (χ4n) is 2.40. The minimum Gasteiger partial charge on any atom is -0.480 e. The van der Waals surface area contributed by atoms with E-state index in [1.807, 2.05) is 12.1 Å². The number of hydrogen-bond acceptors (Lipinski definition) is 3. The first-order valence-corrected chi connectivity index (χ1v) is 6.63. The lowest BCUT2D eigenvalue weighted by molar-refractivity contribution is -0.140. The van der Waals surface area contributed by atoms with Crippen molar-refractivity contribution in [3.63, 3.8) is 0 Å². The quantitative estimate of drug-likeness (QED) is 0.663. The number of urea groups is 1. The van der Waals surface area contributed by atoms with Crippen LogP contribution in [0.2, 0.25) is 0 Å². The first-order valence-electron chi connectivity index (χ1n) is 6.63. The van der Waals surface area contributed by atoms with E-state index in [9.17, 15) is 9.59 Å². The van der Waals surface area contributed by atoms with Gasteiger partial charge in [-0.2, -0.15) is 0 Å². The highest BCUT2D eigenvalue weighted by Crippen LogP contribution is 2.27. The number of carboxylic acids is 1. The van der Waals surface area contributed by atoms with E-state index in [1.54, 1.807) is 6.07 Å². The molecular formula is C14H18N2O4. The largest absolute Gasteiger partial charge is 0.480 e. The van der Waals surface area contributed by atoms with Crippen LogP contribution in [0, 0.1) is 0 Å². The van der Waals surface area contributed by atoms with E-state index >= 15 is 0 Å². The van der Waals surface area contributed by atoms with Gasteiger partial charge in [-0.05, 0) is 42.9 Å². The van der Waals surface area contributed by atoms with E-state index in [-0.39, 0.29) is 0 Å². The molecule has 0 saturated carbocycles. The molecule has 0 saturated heterocycles. The van der Waals surface area contributed by atoms with Crippen molar-refractivity contribution < 1.29 is 19.8 Å². The molecule has 6 nitrogen and oxygen atoms in total. The van der Waals surface area contributed by atoms with Gasteiger partial charge in [-0.3, -0.25) is 0 Å². The maximum atomic E-state index is 11.8. The monoisotopic (exact) mass is 278 g/mol. The second-order valence-electron chi connectivity index (χ2n) is 4.82. The molecule has 20 heavy (non-hydrogen) atoms. The minimum atomic E-state index is -1.30. The van der Waals surface area contributed by atoms with Crippen molar-refractivity contribution in [1.82, 2.24) is 5.32 Å². The number of carbonyl (C=O) groups excluding carboxylic acids is 1. The number of carbonyl (C=O) groups is 2. The maximum Gasteiger partial charge on any atom is 0.328 e. The lowest BCUT2D eigenvalue weighted by Crippen LogP contribution is -2.45. The summed E-state index contributed by atoms with van der Waals surface area (Å²) in [4.78, 5) is 22.5. The average molecular weight is 278 g/mol. The SMILES string of the molecule is O=C(Nc1cccc2c1CCCC2)N[C@@H](CO)C(=O)O. The standard InChI is InChI=1S/C14H18N2O4/c17-8-12(13(18)19)16-14(20)15-11-7-3-5-9-4-1-2-6-10(9)11/h3,5,7,12,17H,1-2,4,6,8H2,(H,18,19)(H2,15,16,20)/t12-/m0/s1. The van der Waals surface area contributed by atoms with E-state index in [1.165, 1.54) is 5.56 Å². The van der Waals surface area contributed by atoms with Crippen molar-refractivity contribution in [2.75, 3.05) is 11.9 Å². The molecule has 1 aliphatic carbocycles. The van der Waals surface area contributed by atoms with Gasteiger partial charge in [0.1, 0.15) is 0 Å². The zero-order valence-corrected chi connectivity index (χ0v) is 11.1. The molecule has 4 N–H and O–H groups in total. The molecule has 1 aromatic rings. The lowest BCUT2D eigenvalue weighted by atomic mass is 9.90. The van der Waals surface area contributed by atoms with Gasteiger partial charge in [0.2, 0.25) is 0 Å². The number of benzene rings is 1. The van der Waals surface area contributed by atoms with Crippen LogP contribution in [0.3, 0.4) is 0 Å². The van der Waals surface area contributed by atoms with Crippen molar-refractivity contribution in [3.05, 3.63) is 29.3 Å². The Labute approximate surface area is 116 Å². The fraction of sp³-hybridized carbons (Fsp3) is 0.429. The molecular weight excluding hydrogens is 260 g/mol. The number of hydrogen-bond donors (Lipinski definition) is 4. The number of amides is 2. The molecule has 2 rings (SSSR count). The van der Waals surface area contributed by atoms with Crippen LogP contribution in [0.25, 0.3) is 0 Å². The third-order valence-corrected chi connectivity index (χ3v) is 3.43. The summed E-state index contributed by atoms with van der Waals surface area (Å²) in [5.74, 6) is -1.27. The number of aliphatic hydroxyl groups is 1. The minimum absolute atomic E-state index is 0.620. The summed E-state index contributed by atoms with van der Waals surface area (Å²) in [6, 6.07) is 3.81. The number of anilines is 1. The number of aryl methyl sites for hydroxylation is 1. The molecule has 0 aromatic heterocycles. The van der Waals surface area contributed by atoms with Crippen LogP contribution in [0.4, 0.5) is 10.5 Å². The molecule has 0 bridgehead atoms. The van der Waals surface area contributed by atoms with Gasteiger partial charge in [0.15, 0.2) is 6.04 Å². The lowest BCUT2D eigenvalue weighted by Gasteiger charge is -2.20. The normalized spacial score (nSPS) is 15.1. The summed E-state index contributed by atoms with van der Waals surface area (Å²) in [5, 5.41) is 22.5. The van der Waals surface area contributed by atoms with E-state index in [4.69, 9.17) is 10.2 Å². The Balaban J connectivity index is 2.06. The first-order chi connectivity index (χ1) is 9.61. The zero-order valence-electron chi connectivity index (χ0n) is 11.1. The van der Waals surface area contributed by atoms with Crippen LogP contribution in [-0.4, -0.2) is 34.9 Å². The molecule has 2 amide bonds. The Morgan fingerprint density at radius 1 is 1.25 bits per heavy atom. The van der Waals surface area contributed by atoms with E-state index in [2.05, 4.69) is 10.6 Å². The van der Waals surface area contributed by atoms with Crippen molar-refractivity contribution >= 4 is 17.7 Å². The molecule has 1 atom stereocenters. The van der Waals surface area contributed by atoms with Crippen LogP contribution < -0.4 is 10.6 Å². The van der Waals surface area contributed by atoms with Crippen molar-refractivity contribution in [3.8, 4) is 0 Å². The second kappa shape index (κ2) is 6.38. The van der Waals surface area contributed by atoms with Crippen LogP contribution in [0.5, 0.6) is 0 Å². The van der Waals surface area contributed by atoms with Gasteiger partial charge in [0.25, 0.3) is 0 Å². The van der Waals surface area contributed by atoms with Gasteiger partial charge in [0.05, 0.1) is 6.61 Å². The Morgan fingerprint density at radius 3 is 2.70 bits per heavy atom. The van der Waals surface area contributed by atoms with Gasteiger partial charge < -0.3 is 20.8 Å². The highest BCUT2D eigenvalue weighted by atomic mass is 16.4. The summed E-state index contributed by atoms with van der Waals surface area (Å²) in [6.45, 7) is -0.643. The Kier molecular flexibility index (Phi) is 4.57. The van der Waals surface area contributed by atoms with Crippen LogP contribution in [0.15, 0.2) is 18.2 Å². The molecule has 0 aliphatic heterocycles. The third kappa shape index (κ3) is 3.27. The molecule has 0 heterocycles. The molecule has 1 aromatic carbocycles. The van der Waals surface area contributed by atoms with E-state index in [0.717, 1.165) is 31.2 Å². The van der Waals surface area contributed by atoms with Crippen molar-refractivity contribution in [2.24, 2.45) is 0 Å². The topological polar surface area (TPSA) is 98.7 Å². The Morgan fingerprint density at radius 2 is 2.00 bits per heavy atom. The van der Waals surface area contributed by atoms with Gasteiger partial charge in [-0.25, -0.2) is 9.59 Å². The molecule has 6 heteroatoms. The molecule has 108 valence electrons. The molecule has 0 unspecified atom stereocenters. The summed E-state index contributed by atoms with van der Waals surface area (Å²) in [5.41, 5.74) is 3.05. The smallest absolute Gasteiger partial charge is 0.328 e. The Hall–Kier alpha value is -2.08. The van der Waals surface area contributed by atoms with Crippen molar-refractivity contribution in [2.45, 2.75) is 31.7 Å². The van der Waals surface area contributed by atoms with Crippen molar-refractivity contribution in [1.29, 1.82) is 0 Å². The maximum absolute atomic E-state index is 11.8. The summed E-state index contributed by atoms with van der Waals surface area (Å²) >= 11 is 0. The summed E-state index contributed by atoms with van der Waals surface area (Å²) in [6.07, 6.45) is 4.14. The number of carboxylic acid groups (broad SMARTS) is 1. The molecule has 0 fully saturated rings. The third-order valence-electron chi connectivity index (χ3n) is 3.43. The number of rotatable bonds is 4. The zero-order chi connectivity index (χ0) is 14.5. The summed E-state index contributed by atoms with van der Waals surface area (Å²) < 4.78 is 0. The predicted octanol–water partition coefficient (Wildman–Crippen LogP) is 1.13. The van der Waals surface area contributed by atoms with Gasteiger partial charge >= 0.3 is 12.0 Å². The first kappa shape index (κ1) is 14.3. The number of fused-ring (bicyclic) bond motifs is 1. The molecule has 0 spiro atoms. The van der Waals surface area contributed by atoms with Gasteiger partial charge in [-0.1, -0.05) is 12.1 Å². The van der Waals surface area contributed by atoms with Crippen LogP contribution in [0.1, 0.15) is 24.0 Å². The fourth-order valence-corrected chi connectivity index (χ4v) is 2.40.